The lowest BCUT2D eigenvalue weighted by atomic mass is 10.1. The zero-order valence-electron chi connectivity index (χ0n) is 11.7. The van der Waals surface area contributed by atoms with E-state index in [4.69, 9.17) is 0 Å². The molecule has 104 valence electrons. The van der Waals surface area contributed by atoms with Gasteiger partial charge in [0.25, 0.3) is 5.91 Å². The summed E-state index contributed by atoms with van der Waals surface area (Å²) in [7, 11) is 0. The molecule has 1 aliphatic carbocycles. The number of nitrogens with zero attached hydrogens (tertiary/aromatic N) is 1. The second-order valence-corrected chi connectivity index (χ2v) is 5.72. The topological polar surface area (TPSA) is 53.2 Å². The Morgan fingerprint density at radius 1 is 1.37 bits per heavy atom. The van der Waals surface area contributed by atoms with E-state index < -0.39 is 0 Å². The zero-order chi connectivity index (χ0) is 13.8. The van der Waals surface area contributed by atoms with Crippen molar-refractivity contribution in [2.24, 2.45) is 5.92 Å². The Morgan fingerprint density at radius 2 is 2.05 bits per heavy atom. The van der Waals surface area contributed by atoms with Crippen molar-refractivity contribution in [3.8, 4) is 0 Å². The van der Waals surface area contributed by atoms with Crippen LogP contribution in [-0.2, 0) is 0 Å². The fourth-order valence-corrected chi connectivity index (χ4v) is 2.73. The number of H-pyrrole nitrogens is 1. The van der Waals surface area contributed by atoms with Crippen molar-refractivity contribution in [2.75, 3.05) is 6.54 Å². The minimum atomic E-state index is -0.221. The van der Waals surface area contributed by atoms with E-state index in [0.717, 1.165) is 19.4 Å². The molecule has 1 aromatic rings. The van der Waals surface area contributed by atoms with Gasteiger partial charge in [0.05, 0.1) is 0 Å². The van der Waals surface area contributed by atoms with E-state index in [1.54, 1.807) is 12.1 Å². The molecule has 1 aromatic heterocycles. The van der Waals surface area contributed by atoms with Gasteiger partial charge in [0.2, 0.25) is 5.56 Å². The smallest absolute Gasteiger partial charge is 0.270 e. The molecular formula is C15H22N2O2. The lowest BCUT2D eigenvalue weighted by Crippen LogP contribution is -2.42. The van der Waals surface area contributed by atoms with Gasteiger partial charge in [-0.15, -0.1) is 0 Å². The highest BCUT2D eigenvalue weighted by atomic mass is 16.2. The van der Waals surface area contributed by atoms with Crippen LogP contribution in [0.3, 0.4) is 0 Å². The highest BCUT2D eigenvalue weighted by Gasteiger charge is 2.28. The van der Waals surface area contributed by atoms with Gasteiger partial charge in [-0.05, 0) is 24.8 Å². The van der Waals surface area contributed by atoms with Crippen molar-refractivity contribution in [2.45, 2.75) is 45.6 Å². The Hall–Kier alpha value is -1.58. The van der Waals surface area contributed by atoms with Crippen molar-refractivity contribution < 1.29 is 4.79 Å². The van der Waals surface area contributed by atoms with Crippen LogP contribution in [0.5, 0.6) is 0 Å². The number of carbonyl (C=O) groups is 1. The Balaban J connectivity index is 2.21. The van der Waals surface area contributed by atoms with Gasteiger partial charge in [0.15, 0.2) is 0 Å². The number of aromatic nitrogens is 1. The van der Waals surface area contributed by atoms with Crippen molar-refractivity contribution in [3.63, 3.8) is 0 Å². The van der Waals surface area contributed by atoms with Crippen LogP contribution in [0.25, 0.3) is 0 Å². The first-order valence-electron chi connectivity index (χ1n) is 7.08. The average molecular weight is 262 g/mol. The summed E-state index contributed by atoms with van der Waals surface area (Å²) in [5, 5.41) is 0. The fourth-order valence-electron chi connectivity index (χ4n) is 2.73. The monoisotopic (exact) mass is 262 g/mol. The Bertz CT molecular complexity index is 487. The molecule has 1 aliphatic rings. The summed E-state index contributed by atoms with van der Waals surface area (Å²) in [5.74, 6) is 0.387. The Morgan fingerprint density at radius 3 is 2.63 bits per heavy atom. The molecule has 1 fully saturated rings. The van der Waals surface area contributed by atoms with Crippen LogP contribution in [0.2, 0.25) is 0 Å². The molecule has 1 saturated carbocycles. The molecule has 0 unspecified atom stereocenters. The minimum absolute atomic E-state index is 0.0432. The number of carbonyl (C=O) groups excluding carboxylic acids is 1. The van der Waals surface area contributed by atoms with Gasteiger partial charge < -0.3 is 9.88 Å². The van der Waals surface area contributed by atoms with Crippen molar-refractivity contribution in [1.82, 2.24) is 9.88 Å². The number of amides is 1. The van der Waals surface area contributed by atoms with E-state index in [1.807, 2.05) is 4.90 Å². The van der Waals surface area contributed by atoms with Gasteiger partial charge in [-0.2, -0.15) is 0 Å². The number of aromatic amines is 1. The maximum atomic E-state index is 12.6. The number of hydrogen-bond acceptors (Lipinski definition) is 2. The van der Waals surface area contributed by atoms with Gasteiger partial charge in [-0.3, -0.25) is 9.59 Å². The number of pyridine rings is 1. The SMILES string of the molecule is CC(C)CN(C(=O)c1cccc(=O)[nH]1)C1CCCC1. The average Bonchev–Trinajstić information content (AvgIpc) is 2.88. The molecule has 4 nitrogen and oxygen atoms in total. The summed E-state index contributed by atoms with van der Waals surface area (Å²) in [6.45, 7) is 4.98. The third-order valence-electron chi connectivity index (χ3n) is 3.59. The first kappa shape index (κ1) is 13.8. The summed E-state index contributed by atoms with van der Waals surface area (Å²) in [6, 6.07) is 5.08. The summed E-state index contributed by atoms with van der Waals surface area (Å²) >= 11 is 0. The number of hydrogen-bond donors (Lipinski definition) is 1. The normalized spacial score (nSPS) is 15.9. The molecule has 1 N–H and O–H groups in total. The van der Waals surface area contributed by atoms with Crippen molar-refractivity contribution in [1.29, 1.82) is 0 Å². The van der Waals surface area contributed by atoms with Crippen LogP contribution in [0, 0.1) is 5.92 Å². The molecule has 0 spiro atoms. The van der Waals surface area contributed by atoms with E-state index >= 15 is 0 Å². The highest BCUT2D eigenvalue weighted by molar-refractivity contribution is 5.92. The van der Waals surface area contributed by atoms with Gasteiger partial charge >= 0.3 is 0 Å². The quantitative estimate of drug-likeness (QED) is 0.906. The van der Waals surface area contributed by atoms with E-state index in [9.17, 15) is 9.59 Å². The van der Waals surface area contributed by atoms with Gasteiger partial charge in [0, 0.05) is 18.7 Å². The zero-order valence-corrected chi connectivity index (χ0v) is 11.7. The molecule has 0 aromatic carbocycles. The lowest BCUT2D eigenvalue weighted by Gasteiger charge is -2.30. The second-order valence-electron chi connectivity index (χ2n) is 5.72. The van der Waals surface area contributed by atoms with Crippen molar-refractivity contribution >= 4 is 5.91 Å². The maximum Gasteiger partial charge on any atom is 0.270 e. The van der Waals surface area contributed by atoms with Gasteiger partial charge in [-0.1, -0.05) is 32.8 Å². The van der Waals surface area contributed by atoms with E-state index in [0.29, 0.717) is 17.7 Å². The van der Waals surface area contributed by atoms with E-state index in [-0.39, 0.29) is 11.5 Å². The first-order chi connectivity index (χ1) is 9.08. The lowest BCUT2D eigenvalue weighted by molar-refractivity contribution is 0.0649. The summed E-state index contributed by atoms with van der Waals surface area (Å²) in [5.41, 5.74) is 0.182. The summed E-state index contributed by atoms with van der Waals surface area (Å²) in [6.07, 6.45) is 4.54. The molecule has 2 rings (SSSR count). The van der Waals surface area contributed by atoms with E-state index in [2.05, 4.69) is 18.8 Å². The van der Waals surface area contributed by atoms with Gasteiger partial charge in [0.1, 0.15) is 5.69 Å². The minimum Gasteiger partial charge on any atom is -0.334 e. The van der Waals surface area contributed by atoms with Crippen LogP contribution in [0.15, 0.2) is 23.0 Å². The van der Waals surface area contributed by atoms with Crippen LogP contribution in [0.1, 0.15) is 50.0 Å². The molecule has 0 bridgehead atoms. The first-order valence-corrected chi connectivity index (χ1v) is 7.08. The van der Waals surface area contributed by atoms with Crippen LogP contribution < -0.4 is 5.56 Å². The standard InChI is InChI=1S/C15H22N2O2/c1-11(2)10-17(12-6-3-4-7-12)15(19)13-8-5-9-14(18)16-13/h5,8-9,11-12H,3-4,6-7,10H2,1-2H3,(H,16,18). The van der Waals surface area contributed by atoms with E-state index in [1.165, 1.54) is 18.9 Å². The molecule has 1 amide bonds. The number of nitrogens with one attached hydrogen (secondary N) is 1. The molecule has 1 heterocycles. The summed E-state index contributed by atoms with van der Waals surface area (Å²) in [4.78, 5) is 28.5. The predicted molar refractivity (Wildman–Crippen MR) is 75.2 cm³/mol. The molecule has 0 saturated heterocycles. The molecule has 0 aliphatic heterocycles. The fraction of sp³-hybridized carbons (Fsp3) is 0.600. The molecular weight excluding hydrogens is 240 g/mol. The maximum absolute atomic E-state index is 12.6. The van der Waals surface area contributed by atoms with Crippen LogP contribution in [-0.4, -0.2) is 28.4 Å². The van der Waals surface area contributed by atoms with Gasteiger partial charge in [-0.25, -0.2) is 0 Å². The molecule has 0 atom stereocenters. The third-order valence-corrected chi connectivity index (χ3v) is 3.59. The Labute approximate surface area is 113 Å². The Kier molecular flexibility index (Phi) is 4.40. The second kappa shape index (κ2) is 6.04. The van der Waals surface area contributed by atoms with Crippen molar-refractivity contribution in [3.05, 3.63) is 34.2 Å². The summed E-state index contributed by atoms with van der Waals surface area (Å²) < 4.78 is 0. The third kappa shape index (κ3) is 3.46. The molecule has 0 radical (unpaired) electrons. The highest BCUT2D eigenvalue weighted by Crippen LogP contribution is 2.25. The number of rotatable bonds is 4. The van der Waals surface area contributed by atoms with Crippen LogP contribution in [0.4, 0.5) is 0 Å². The molecule has 19 heavy (non-hydrogen) atoms. The predicted octanol–water partition coefficient (Wildman–Crippen LogP) is 2.42. The van der Waals surface area contributed by atoms with Crippen LogP contribution >= 0.6 is 0 Å². The largest absolute Gasteiger partial charge is 0.334 e. The molecule has 4 heteroatoms.